The lowest BCUT2D eigenvalue weighted by molar-refractivity contribution is -0.124. The molecule has 0 saturated carbocycles. The van der Waals surface area contributed by atoms with E-state index in [9.17, 15) is 4.79 Å². The number of rotatable bonds is 1. The summed E-state index contributed by atoms with van der Waals surface area (Å²) in [5.41, 5.74) is 10.3. The van der Waals surface area contributed by atoms with Crippen molar-refractivity contribution in [2.45, 2.75) is 24.8 Å². The van der Waals surface area contributed by atoms with Gasteiger partial charge in [-0.05, 0) is 41.2 Å². The van der Waals surface area contributed by atoms with Gasteiger partial charge < -0.3 is 11.1 Å². The zero-order valence-corrected chi connectivity index (χ0v) is 12.8. The first kappa shape index (κ1) is 13.6. The highest BCUT2D eigenvalue weighted by atomic mass is 35.5. The number of halogens is 1. The van der Waals surface area contributed by atoms with Crippen LogP contribution in [0, 0.1) is 5.92 Å². The SMILES string of the molecule is Nc1cc(C2c3ccccc3C3NC(=O)CCC32)ccc1Cl. The maximum atomic E-state index is 11.8. The van der Waals surface area contributed by atoms with E-state index in [0.29, 0.717) is 23.0 Å². The maximum Gasteiger partial charge on any atom is 0.220 e. The van der Waals surface area contributed by atoms with Gasteiger partial charge in [0.2, 0.25) is 5.91 Å². The molecule has 3 unspecified atom stereocenters. The number of nitrogen functional groups attached to an aromatic ring is 1. The second kappa shape index (κ2) is 5.03. The quantitative estimate of drug-likeness (QED) is 0.790. The highest BCUT2D eigenvalue weighted by molar-refractivity contribution is 6.33. The molecule has 112 valence electrons. The van der Waals surface area contributed by atoms with Crippen LogP contribution in [-0.4, -0.2) is 5.91 Å². The summed E-state index contributed by atoms with van der Waals surface area (Å²) in [5.74, 6) is 0.796. The maximum absolute atomic E-state index is 11.8. The summed E-state index contributed by atoms with van der Waals surface area (Å²) in [6.07, 6.45) is 1.49. The molecule has 0 aromatic heterocycles. The van der Waals surface area contributed by atoms with Gasteiger partial charge in [0.1, 0.15) is 0 Å². The van der Waals surface area contributed by atoms with Crippen molar-refractivity contribution in [1.29, 1.82) is 0 Å². The summed E-state index contributed by atoms with van der Waals surface area (Å²) in [7, 11) is 0. The molecule has 1 aliphatic carbocycles. The van der Waals surface area contributed by atoms with Crippen molar-refractivity contribution >= 4 is 23.2 Å². The second-order valence-electron chi connectivity index (χ2n) is 6.14. The van der Waals surface area contributed by atoms with Crippen LogP contribution in [0.1, 0.15) is 41.5 Å². The number of carbonyl (C=O) groups is 1. The molecule has 22 heavy (non-hydrogen) atoms. The fourth-order valence-corrected chi connectivity index (χ4v) is 4.09. The van der Waals surface area contributed by atoms with E-state index in [2.05, 4.69) is 29.6 Å². The van der Waals surface area contributed by atoms with Crippen LogP contribution in [0.2, 0.25) is 5.02 Å². The Morgan fingerprint density at radius 1 is 1.14 bits per heavy atom. The van der Waals surface area contributed by atoms with Gasteiger partial charge in [0, 0.05) is 12.3 Å². The molecule has 1 amide bonds. The third-order valence-corrected chi connectivity index (χ3v) is 5.27. The number of piperidine rings is 1. The molecule has 2 aliphatic rings. The largest absolute Gasteiger partial charge is 0.398 e. The average molecular weight is 313 g/mol. The molecule has 3 nitrogen and oxygen atoms in total. The van der Waals surface area contributed by atoms with Gasteiger partial charge in [-0.15, -0.1) is 0 Å². The molecular weight excluding hydrogens is 296 g/mol. The Bertz CT molecular complexity index is 759. The molecule has 2 aromatic carbocycles. The lowest BCUT2D eigenvalue weighted by atomic mass is 9.80. The third-order valence-electron chi connectivity index (χ3n) is 4.92. The van der Waals surface area contributed by atoms with E-state index in [4.69, 9.17) is 17.3 Å². The lowest BCUT2D eigenvalue weighted by Gasteiger charge is -2.30. The Morgan fingerprint density at radius 2 is 1.91 bits per heavy atom. The molecular formula is C18H17ClN2O. The standard InChI is InChI=1S/C18H17ClN2O/c19-14-7-5-10(9-15(14)20)17-11-3-1-2-4-12(11)18-13(17)6-8-16(22)21-18/h1-5,7,9,13,17-18H,6,8,20H2,(H,21,22). The Morgan fingerprint density at radius 3 is 2.68 bits per heavy atom. The average Bonchev–Trinajstić information content (AvgIpc) is 2.84. The molecule has 2 aromatic rings. The minimum atomic E-state index is 0.111. The van der Waals surface area contributed by atoms with E-state index >= 15 is 0 Å². The van der Waals surface area contributed by atoms with E-state index in [1.165, 1.54) is 16.7 Å². The van der Waals surface area contributed by atoms with Gasteiger partial charge in [0.25, 0.3) is 0 Å². The first-order chi connectivity index (χ1) is 10.6. The van der Waals surface area contributed by atoms with Crippen molar-refractivity contribution in [1.82, 2.24) is 5.32 Å². The molecule has 1 heterocycles. The Hall–Kier alpha value is -2.00. The lowest BCUT2D eigenvalue weighted by Crippen LogP contribution is -2.37. The second-order valence-corrected chi connectivity index (χ2v) is 6.54. The molecule has 1 fully saturated rings. The number of benzene rings is 2. The van der Waals surface area contributed by atoms with Crippen molar-refractivity contribution < 1.29 is 4.79 Å². The number of nitrogens with one attached hydrogen (secondary N) is 1. The number of hydrogen-bond donors (Lipinski definition) is 2. The van der Waals surface area contributed by atoms with Crippen LogP contribution in [-0.2, 0) is 4.79 Å². The molecule has 0 bridgehead atoms. The van der Waals surface area contributed by atoms with E-state index in [1.54, 1.807) is 0 Å². The predicted octanol–water partition coefficient (Wildman–Crippen LogP) is 3.64. The monoisotopic (exact) mass is 312 g/mol. The minimum absolute atomic E-state index is 0.111. The molecule has 1 saturated heterocycles. The first-order valence-electron chi connectivity index (χ1n) is 7.58. The number of nitrogens with two attached hydrogens (primary N) is 1. The van der Waals surface area contributed by atoms with Gasteiger partial charge in [-0.1, -0.05) is 41.9 Å². The zero-order valence-electron chi connectivity index (χ0n) is 12.1. The highest BCUT2D eigenvalue weighted by Gasteiger charge is 2.44. The summed E-state index contributed by atoms with van der Waals surface area (Å²) in [6, 6.07) is 14.4. The van der Waals surface area contributed by atoms with Gasteiger partial charge in [0.05, 0.1) is 16.8 Å². The van der Waals surface area contributed by atoms with Gasteiger partial charge in [-0.2, -0.15) is 0 Å². The predicted molar refractivity (Wildman–Crippen MR) is 87.8 cm³/mol. The van der Waals surface area contributed by atoms with Crippen molar-refractivity contribution in [3.05, 3.63) is 64.2 Å². The number of hydrogen-bond acceptors (Lipinski definition) is 2. The van der Waals surface area contributed by atoms with Gasteiger partial charge in [-0.25, -0.2) is 0 Å². The van der Waals surface area contributed by atoms with Crippen molar-refractivity contribution in [2.24, 2.45) is 5.92 Å². The third kappa shape index (κ3) is 2.00. The molecule has 4 rings (SSSR count). The summed E-state index contributed by atoms with van der Waals surface area (Å²) in [4.78, 5) is 11.8. The van der Waals surface area contributed by atoms with Crippen molar-refractivity contribution in [2.75, 3.05) is 5.73 Å². The van der Waals surface area contributed by atoms with Crippen LogP contribution in [0.25, 0.3) is 0 Å². The summed E-state index contributed by atoms with van der Waals surface area (Å²) < 4.78 is 0. The number of anilines is 1. The number of fused-ring (bicyclic) bond motifs is 3. The summed E-state index contributed by atoms with van der Waals surface area (Å²) >= 11 is 6.06. The summed E-state index contributed by atoms with van der Waals surface area (Å²) in [6.45, 7) is 0. The summed E-state index contributed by atoms with van der Waals surface area (Å²) in [5, 5.41) is 3.75. The Kier molecular flexibility index (Phi) is 3.12. The highest BCUT2D eigenvalue weighted by Crippen LogP contribution is 2.52. The minimum Gasteiger partial charge on any atom is -0.398 e. The van der Waals surface area contributed by atoms with Gasteiger partial charge in [-0.3, -0.25) is 4.79 Å². The van der Waals surface area contributed by atoms with Crippen LogP contribution >= 0.6 is 11.6 Å². The van der Waals surface area contributed by atoms with E-state index in [0.717, 1.165) is 6.42 Å². The molecule has 3 N–H and O–H groups in total. The topological polar surface area (TPSA) is 55.1 Å². The molecule has 0 radical (unpaired) electrons. The Balaban J connectivity index is 1.84. The number of amides is 1. The normalized spacial score (nSPS) is 26.2. The van der Waals surface area contributed by atoms with Crippen LogP contribution in [0.15, 0.2) is 42.5 Å². The van der Waals surface area contributed by atoms with Crippen LogP contribution in [0.4, 0.5) is 5.69 Å². The number of carbonyl (C=O) groups excluding carboxylic acids is 1. The van der Waals surface area contributed by atoms with Crippen LogP contribution < -0.4 is 11.1 Å². The van der Waals surface area contributed by atoms with Crippen LogP contribution in [0.3, 0.4) is 0 Å². The van der Waals surface area contributed by atoms with E-state index < -0.39 is 0 Å². The van der Waals surface area contributed by atoms with E-state index in [-0.39, 0.29) is 17.9 Å². The fraction of sp³-hybridized carbons (Fsp3) is 0.278. The molecule has 3 atom stereocenters. The molecule has 4 heteroatoms. The van der Waals surface area contributed by atoms with E-state index in [1.807, 2.05) is 18.2 Å². The van der Waals surface area contributed by atoms with Crippen LogP contribution in [0.5, 0.6) is 0 Å². The van der Waals surface area contributed by atoms with Gasteiger partial charge in [0.15, 0.2) is 0 Å². The zero-order chi connectivity index (χ0) is 15.3. The first-order valence-corrected chi connectivity index (χ1v) is 7.96. The van der Waals surface area contributed by atoms with Gasteiger partial charge >= 0.3 is 0 Å². The Labute approximate surface area is 134 Å². The van der Waals surface area contributed by atoms with Crippen molar-refractivity contribution in [3.8, 4) is 0 Å². The smallest absolute Gasteiger partial charge is 0.220 e. The van der Waals surface area contributed by atoms with Crippen molar-refractivity contribution in [3.63, 3.8) is 0 Å². The molecule has 0 spiro atoms. The molecule has 1 aliphatic heterocycles. The fourth-order valence-electron chi connectivity index (χ4n) is 3.97.